The molecule has 0 saturated heterocycles. The molecule has 0 aliphatic carbocycles. The van der Waals surface area contributed by atoms with Crippen LogP contribution in [0.2, 0.25) is 0 Å². The van der Waals surface area contributed by atoms with Crippen molar-refractivity contribution in [2.24, 2.45) is 0 Å². The molecule has 0 radical (unpaired) electrons. The van der Waals surface area contributed by atoms with E-state index in [0.29, 0.717) is 11.3 Å². The number of furan rings is 1. The molecule has 1 aromatic heterocycles. The van der Waals surface area contributed by atoms with Gasteiger partial charge in [-0.05, 0) is 39.8 Å². The van der Waals surface area contributed by atoms with Crippen LogP contribution in [0.25, 0.3) is 11.3 Å². The predicted octanol–water partition coefficient (Wildman–Crippen LogP) is 4.09. The lowest BCUT2D eigenvalue weighted by molar-refractivity contribution is 0.0330. The van der Waals surface area contributed by atoms with E-state index in [0.717, 1.165) is 0 Å². The molecule has 0 spiro atoms. The average molecular weight is 346 g/mol. The van der Waals surface area contributed by atoms with Crippen LogP contribution in [-0.4, -0.2) is 31.3 Å². The lowest BCUT2D eigenvalue weighted by atomic mass is 10.0. The molecule has 2 aromatic rings. The lowest BCUT2D eigenvalue weighted by Crippen LogP contribution is -2.18. The highest BCUT2D eigenvalue weighted by atomic mass is 16.6. The van der Waals surface area contributed by atoms with Crippen LogP contribution in [0.5, 0.6) is 5.75 Å². The van der Waals surface area contributed by atoms with E-state index in [1.165, 1.54) is 6.26 Å². The molecular weight excluding hydrogens is 324 g/mol. The molecule has 0 atom stereocenters. The molecular formula is C19H22O6. The minimum Gasteiger partial charge on any atom is -0.497 e. The summed E-state index contributed by atoms with van der Waals surface area (Å²) in [6.45, 7) is 6.92. The van der Waals surface area contributed by atoms with Crippen molar-refractivity contribution >= 4 is 11.9 Å². The quantitative estimate of drug-likeness (QED) is 0.734. The zero-order chi connectivity index (χ0) is 18.6. The van der Waals surface area contributed by atoms with Gasteiger partial charge in [0.2, 0.25) is 0 Å². The first-order valence-corrected chi connectivity index (χ1v) is 8.01. The molecule has 6 nitrogen and oxygen atoms in total. The molecule has 0 aliphatic rings. The van der Waals surface area contributed by atoms with E-state index in [4.69, 9.17) is 18.6 Å². The van der Waals surface area contributed by atoms with Crippen molar-refractivity contribution in [2.45, 2.75) is 39.9 Å². The third-order valence-corrected chi connectivity index (χ3v) is 3.23. The van der Waals surface area contributed by atoms with Gasteiger partial charge in [0.05, 0.1) is 19.3 Å². The van der Waals surface area contributed by atoms with Crippen molar-refractivity contribution in [2.75, 3.05) is 7.11 Å². The Balaban J connectivity index is 2.54. The first-order chi connectivity index (χ1) is 11.8. The third kappa shape index (κ3) is 4.41. The van der Waals surface area contributed by atoms with Gasteiger partial charge in [0, 0.05) is 5.56 Å². The van der Waals surface area contributed by atoms with E-state index in [1.54, 1.807) is 59.1 Å². The number of carbonyl (C=O) groups excluding carboxylic acids is 2. The molecule has 134 valence electrons. The second kappa shape index (κ2) is 7.88. The Morgan fingerprint density at radius 3 is 2.24 bits per heavy atom. The second-order valence-corrected chi connectivity index (χ2v) is 5.99. The van der Waals surface area contributed by atoms with E-state index in [9.17, 15) is 9.59 Å². The zero-order valence-electron chi connectivity index (χ0n) is 15.0. The lowest BCUT2D eigenvalue weighted by Gasteiger charge is -2.11. The zero-order valence-corrected chi connectivity index (χ0v) is 15.0. The van der Waals surface area contributed by atoms with E-state index in [-0.39, 0.29) is 29.1 Å². The van der Waals surface area contributed by atoms with E-state index >= 15 is 0 Å². The molecule has 0 N–H and O–H groups in total. The highest BCUT2D eigenvalue weighted by Crippen LogP contribution is 2.32. The van der Waals surface area contributed by atoms with E-state index in [2.05, 4.69) is 0 Å². The van der Waals surface area contributed by atoms with Gasteiger partial charge >= 0.3 is 11.9 Å². The summed E-state index contributed by atoms with van der Waals surface area (Å²) in [5.41, 5.74) is 0.684. The van der Waals surface area contributed by atoms with Gasteiger partial charge in [-0.3, -0.25) is 0 Å². The van der Waals surface area contributed by atoms with Crippen LogP contribution < -0.4 is 4.74 Å². The highest BCUT2D eigenvalue weighted by Gasteiger charge is 2.29. The van der Waals surface area contributed by atoms with Crippen LogP contribution in [0.15, 0.2) is 34.9 Å². The van der Waals surface area contributed by atoms with Crippen LogP contribution >= 0.6 is 0 Å². The van der Waals surface area contributed by atoms with Gasteiger partial charge in [0.1, 0.15) is 28.9 Å². The maximum Gasteiger partial charge on any atom is 0.343 e. The number of rotatable bonds is 6. The number of carbonyl (C=O) groups is 2. The highest BCUT2D eigenvalue weighted by molar-refractivity contribution is 6.07. The summed E-state index contributed by atoms with van der Waals surface area (Å²) >= 11 is 0. The molecule has 1 aromatic carbocycles. The van der Waals surface area contributed by atoms with Crippen molar-refractivity contribution in [3.05, 3.63) is 41.7 Å². The van der Waals surface area contributed by atoms with Crippen molar-refractivity contribution in [3.63, 3.8) is 0 Å². The fourth-order valence-electron chi connectivity index (χ4n) is 2.24. The standard InChI is InChI=1S/C19H22O6/c1-11(2)24-18(20)15-10-23-17(16(15)19(21)25-12(3)4)13-7-6-8-14(9-13)22-5/h6-12H,1-5H3. The van der Waals surface area contributed by atoms with Gasteiger partial charge < -0.3 is 18.6 Å². The molecule has 0 fully saturated rings. The monoisotopic (exact) mass is 346 g/mol. The van der Waals surface area contributed by atoms with Crippen molar-refractivity contribution in [3.8, 4) is 17.1 Å². The fourth-order valence-corrected chi connectivity index (χ4v) is 2.24. The molecule has 0 unspecified atom stereocenters. The van der Waals surface area contributed by atoms with Gasteiger partial charge in [0.25, 0.3) is 0 Å². The van der Waals surface area contributed by atoms with E-state index in [1.807, 2.05) is 0 Å². The summed E-state index contributed by atoms with van der Waals surface area (Å²) in [7, 11) is 1.54. The number of ether oxygens (including phenoxy) is 3. The van der Waals surface area contributed by atoms with Crippen LogP contribution in [0.4, 0.5) is 0 Å². The van der Waals surface area contributed by atoms with Gasteiger partial charge in [0.15, 0.2) is 0 Å². The summed E-state index contributed by atoms with van der Waals surface area (Å²) in [5.74, 6) is -0.440. The van der Waals surface area contributed by atoms with Gasteiger partial charge in [-0.25, -0.2) is 9.59 Å². The molecule has 0 bridgehead atoms. The molecule has 0 aliphatic heterocycles. The molecule has 0 saturated carbocycles. The number of benzene rings is 1. The molecule has 25 heavy (non-hydrogen) atoms. The molecule has 0 amide bonds. The Morgan fingerprint density at radius 1 is 1.00 bits per heavy atom. The van der Waals surface area contributed by atoms with Gasteiger partial charge in [-0.2, -0.15) is 0 Å². The summed E-state index contributed by atoms with van der Waals surface area (Å²) in [6.07, 6.45) is 0.558. The topological polar surface area (TPSA) is 75.0 Å². The summed E-state index contributed by atoms with van der Waals surface area (Å²) in [6, 6.07) is 7.00. The van der Waals surface area contributed by atoms with Crippen molar-refractivity contribution < 1.29 is 28.2 Å². The first kappa shape index (κ1) is 18.6. The van der Waals surface area contributed by atoms with Crippen LogP contribution in [0, 0.1) is 0 Å². The summed E-state index contributed by atoms with van der Waals surface area (Å²) in [4.78, 5) is 24.9. The summed E-state index contributed by atoms with van der Waals surface area (Å²) < 4.78 is 21.2. The van der Waals surface area contributed by atoms with Crippen LogP contribution in [-0.2, 0) is 9.47 Å². The number of methoxy groups -OCH3 is 1. The Labute approximate surface area is 146 Å². The van der Waals surface area contributed by atoms with Crippen LogP contribution in [0.3, 0.4) is 0 Å². The number of hydrogen-bond acceptors (Lipinski definition) is 6. The summed E-state index contributed by atoms with van der Waals surface area (Å²) in [5, 5.41) is 0. The van der Waals surface area contributed by atoms with Crippen LogP contribution in [0.1, 0.15) is 48.4 Å². The van der Waals surface area contributed by atoms with Crippen molar-refractivity contribution in [1.29, 1.82) is 0 Å². The van der Waals surface area contributed by atoms with Gasteiger partial charge in [-0.15, -0.1) is 0 Å². The second-order valence-electron chi connectivity index (χ2n) is 5.99. The Kier molecular flexibility index (Phi) is 5.85. The molecule has 1 heterocycles. The molecule has 2 rings (SSSR count). The third-order valence-electron chi connectivity index (χ3n) is 3.23. The number of hydrogen-bond donors (Lipinski definition) is 0. The predicted molar refractivity (Wildman–Crippen MR) is 91.8 cm³/mol. The smallest absolute Gasteiger partial charge is 0.343 e. The largest absolute Gasteiger partial charge is 0.497 e. The first-order valence-electron chi connectivity index (χ1n) is 8.01. The minimum absolute atomic E-state index is 0.0390. The van der Waals surface area contributed by atoms with Gasteiger partial charge in [-0.1, -0.05) is 12.1 Å². The van der Waals surface area contributed by atoms with E-state index < -0.39 is 11.9 Å². The normalized spacial score (nSPS) is 10.8. The fraction of sp³-hybridized carbons (Fsp3) is 0.368. The van der Waals surface area contributed by atoms with Crippen molar-refractivity contribution in [1.82, 2.24) is 0 Å². The minimum atomic E-state index is -0.641. The Hall–Kier alpha value is -2.76. The SMILES string of the molecule is COc1cccc(-c2occ(C(=O)OC(C)C)c2C(=O)OC(C)C)c1. The maximum absolute atomic E-state index is 12.6. The average Bonchev–Trinajstić information content (AvgIpc) is 2.99. The molecule has 6 heteroatoms. The maximum atomic E-state index is 12.6. The number of esters is 2. The Morgan fingerprint density at radius 2 is 1.64 bits per heavy atom. The Bertz CT molecular complexity index is 757.